The number of alkyl halides is 2. The lowest BCUT2D eigenvalue weighted by atomic mass is 10.2. The van der Waals surface area contributed by atoms with Crippen LogP contribution in [0.3, 0.4) is 0 Å². The summed E-state index contributed by atoms with van der Waals surface area (Å²) in [6.07, 6.45) is -2.39. The predicted octanol–water partition coefficient (Wildman–Crippen LogP) is 5.00. The van der Waals surface area contributed by atoms with Crippen LogP contribution in [0.15, 0.2) is 59.8 Å². The third-order valence-corrected chi connectivity index (χ3v) is 4.57. The molecule has 0 aliphatic heterocycles. The molecule has 0 amide bonds. The van der Waals surface area contributed by atoms with Crippen molar-refractivity contribution in [3.8, 4) is 11.4 Å². The number of nitrogens with zero attached hydrogens (tertiary/aromatic N) is 3. The lowest BCUT2D eigenvalue weighted by molar-refractivity contribution is 0.176. The molecule has 7 heteroatoms. The van der Waals surface area contributed by atoms with Crippen LogP contribution in [0.1, 0.15) is 5.56 Å². The molecular formula is C17H14ClF2N3S. The van der Waals surface area contributed by atoms with E-state index in [0.717, 1.165) is 22.9 Å². The molecule has 3 rings (SSSR count). The van der Waals surface area contributed by atoms with Gasteiger partial charge in [-0.1, -0.05) is 53.7 Å². The molecule has 0 saturated heterocycles. The van der Waals surface area contributed by atoms with Gasteiger partial charge in [-0.05, 0) is 29.8 Å². The molecule has 124 valence electrons. The van der Waals surface area contributed by atoms with Crippen molar-refractivity contribution in [2.24, 2.45) is 0 Å². The van der Waals surface area contributed by atoms with Gasteiger partial charge in [-0.2, -0.15) is 0 Å². The Morgan fingerprint density at radius 2 is 1.71 bits per heavy atom. The van der Waals surface area contributed by atoms with Crippen LogP contribution >= 0.6 is 23.4 Å². The Hall–Kier alpha value is -1.92. The summed E-state index contributed by atoms with van der Waals surface area (Å²) in [5.74, 6) is 0.320. The summed E-state index contributed by atoms with van der Waals surface area (Å²) in [4.78, 5) is 0. The second kappa shape index (κ2) is 7.77. The van der Waals surface area contributed by atoms with Crippen LogP contribution in [-0.4, -0.2) is 26.9 Å². The maximum atomic E-state index is 12.6. The Labute approximate surface area is 147 Å². The van der Waals surface area contributed by atoms with Crippen molar-refractivity contribution < 1.29 is 8.78 Å². The van der Waals surface area contributed by atoms with Gasteiger partial charge in [-0.3, -0.25) is 4.57 Å². The number of rotatable bonds is 6. The second-order valence-corrected chi connectivity index (χ2v) is 6.51. The topological polar surface area (TPSA) is 30.7 Å². The number of benzene rings is 2. The molecular weight excluding hydrogens is 352 g/mol. The zero-order chi connectivity index (χ0) is 16.9. The van der Waals surface area contributed by atoms with Crippen molar-refractivity contribution in [3.05, 3.63) is 65.2 Å². The first-order valence-corrected chi connectivity index (χ1v) is 8.64. The van der Waals surface area contributed by atoms with E-state index in [9.17, 15) is 8.78 Å². The van der Waals surface area contributed by atoms with Crippen molar-refractivity contribution in [2.75, 3.05) is 5.75 Å². The highest BCUT2D eigenvalue weighted by atomic mass is 35.5. The van der Waals surface area contributed by atoms with E-state index < -0.39 is 6.43 Å². The van der Waals surface area contributed by atoms with Gasteiger partial charge >= 0.3 is 0 Å². The number of aromatic nitrogens is 3. The Morgan fingerprint density at radius 3 is 2.38 bits per heavy atom. The minimum absolute atomic E-state index is 0.312. The molecule has 0 aliphatic rings. The molecule has 0 spiro atoms. The molecule has 0 fully saturated rings. The first-order chi connectivity index (χ1) is 11.6. The maximum absolute atomic E-state index is 12.6. The van der Waals surface area contributed by atoms with E-state index in [4.69, 9.17) is 11.6 Å². The van der Waals surface area contributed by atoms with Crippen LogP contribution in [-0.2, 0) is 6.54 Å². The summed E-state index contributed by atoms with van der Waals surface area (Å²) in [5, 5.41) is 9.39. The first kappa shape index (κ1) is 16.9. The van der Waals surface area contributed by atoms with Crippen molar-refractivity contribution in [2.45, 2.75) is 18.1 Å². The van der Waals surface area contributed by atoms with E-state index in [1.165, 1.54) is 0 Å². The molecule has 0 unspecified atom stereocenters. The van der Waals surface area contributed by atoms with E-state index >= 15 is 0 Å². The maximum Gasteiger partial charge on any atom is 0.248 e. The smallest absolute Gasteiger partial charge is 0.248 e. The monoisotopic (exact) mass is 365 g/mol. The highest BCUT2D eigenvalue weighted by Gasteiger charge is 2.16. The molecule has 1 heterocycles. The fraction of sp³-hybridized carbons (Fsp3) is 0.176. The molecule has 1 aromatic heterocycles. The molecule has 2 aromatic carbocycles. The number of hydrogen-bond donors (Lipinski definition) is 0. The van der Waals surface area contributed by atoms with Crippen LogP contribution in [0.25, 0.3) is 11.4 Å². The Balaban J connectivity index is 1.97. The standard InChI is InChI=1S/C17H14ClF2N3S/c18-14-8-6-13(7-9-14)16-21-22-17(24-11-15(19)20)23(16)10-12-4-2-1-3-5-12/h1-9,15H,10-11H2. The third kappa shape index (κ3) is 4.13. The van der Waals surface area contributed by atoms with Gasteiger partial charge in [0.25, 0.3) is 0 Å². The van der Waals surface area contributed by atoms with Crippen molar-refractivity contribution in [3.63, 3.8) is 0 Å². The lowest BCUT2D eigenvalue weighted by Gasteiger charge is -2.10. The number of thioether (sulfide) groups is 1. The van der Waals surface area contributed by atoms with Crippen molar-refractivity contribution in [1.82, 2.24) is 14.8 Å². The summed E-state index contributed by atoms with van der Waals surface area (Å²) < 4.78 is 27.0. The summed E-state index contributed by atoms with van der Waals surface area (Å²) in [6.45, 7) is 0.511. The van der Waals surface area contributed by atoms with Gasteiger partial charge in [0, 0.05) is 10.6 Å². The van der Waals surface area contributed by atoms with E-state index in [1.807, 2.05) is 47.0 Å². The van der Waals surface area contributed by atoms with Crippen LogP contribution < -0.4 is 0 Å². The van der Waals surface area contributed by atoms with Gasteiger partial charge in [0.15, 0.2) is 11.0 Å². The van der Waals surface area contributed by atoms with E-state index in [1.54, 1.807) is 12.1 Å². The predicted molar refractivity (Wildman–Crippen MR) is 92.7 cm³/mol. The summed E-state index contributed by atoms with van der Waals surface area (Å²) in [7, 11) is 0. The molecule has 0 radical (unpaired) electrons. The Morgan fingerprint density at radius 1 is 1.00 bits per heavy atom. The zero-order valence-corrected chi connectivity index (χ0v) is 14.1. The number of hydrogen-bond acceptors (Lipinski definition) is 3. The summed E-state index contributed by atoms with van der Waals surface area (Å²) in [5.41, 5.74) is 1.89. The zero-order valence-electron chi connectivity index (χ0n) is 12.6. The SMILES string of the molecule is FC(F)CSc1nnc(-c2ccc(Cl)cc2)n1Cc1ccccc1. The summed E-state index contributed by atoms with van der Waals surface area (Å²) in [6, 6.07) is 17.0. The molecule has 24 heavy (non-hydrogen) atoms. The van der Waals surface area contributed by atoms with Crippen molar-refractivity contribution in [1.29, 1.82) is 0 Å². The molecule has 0 N–H and O–H groups in total. The van der Waals surface area contributed by atoms with E-state index in [2.05, 4.69) is 10.2 Å². The van der Waals surface area contributed by atoms with E-state index in [0.29, 0.717) is 22.5 Å². The Bertz CT molecular complexity index is 791. The van der Waals surface area contributed by atoms with Gasteiger partial charge in [-0.25, -0.2) is 8.78 Å². The van der Waals surface area contributed by atoms with Gasteiger partial charge in [0.05, 0.1) is 12.3 Å². The highest BCUT2D eigenvalue weighted by Crippen LogP contribution is 2.27. The summed E-state index contributed by atoms with van der Waals surface area (Å²) >= 11 is 6.93. The fourth-order valence-corrected chi connectivity index (χ4v) is 3.06. The van der Waals surface area contributed by atoms with E-state index in [-0.39, 0.29) is 5.75 Å². The average Bonchev–Trinajstić information content (AvgIpc) is 2.97. The molecule has 0 saturated carbocycles. The van der Waals surface area contributed by atoms with Crippen LogP contribution in [0, 0.1) is 0 Å². The quantitative estimate of drug-likeness (QED) is 0.576. The Kier molecular flexibility index (Phi) is 5.48. The van der Waals surface area contributed by atoms with Crippen LogP contribution in [0.2, 0.25) is 5.02 Å². The normalized spacial score (nSPS) is 11.2. The molecule has 3 aromatic rings. The molecule has 3 nitrogen and oxygen atoms in total. The minimum atomic E-state index is -2.39. The number of halogens is 3. The first-order valence-electron chi connectivity index (χ1n) is 7.27. The average molecular weight is 366 g/mol. The highest BCUT2D eigenvalue weighted by molar-refractivity contribution is 7.99. The third-order valence-electron chi connectivity index (χ3n) is 3.34. The van der Waals surface area contributed by atoms with Crippen LogP contribution in [0.4, 0.5) is 8.78 Å². The van der Waals surface area contributed by atoms with Gasteiger partial charge in [0.1, 0.15) is 0 Å². The second-order valence-electron chi connectivity index (χ2n) is 5.09. The van der Waals surface area contributed by atoms with Crippen molar-refractivity contribution >= 4 is 23.4 Å². The molecule has 0 aliphatic carbocycles. The fourth-order valence-electron chi connectivity index (χ4n) is 2.25. The molecule has 0 bridgehead atoms. The molecule has 0 atom stereocenters. The van der Waals surface area contributed by atoms with Gasteiger partial charge in [-0.15, -0.1) is 10.2 Å². The van der Waals surface area contributed by atoms with Gasteiger partial charge < -0.3 is 0 Å². The van der Waals surface area contributed by atoms with Gasteiger partial charge in [0.2, 0.25) is 6.43 Å². The largest absolute Gasteiger partial charge is 0.298 e. The minimum Gasteiger partial charge on any atom is -0.298 e. The van der Waals surface area contributed by atoms with Crippen LogP contribution in [0.5, 0.6) is 0 Å². The lowest BCUT2D eigenvalue weighted by Crippen LogP contribution is -2.05.